The van der Waals surface area contributed by atoms with Crippen LogP contribution in [-0.4, -0.2) is 39.0 Å². The van der Waals surface area contributed by atoms with Crippen molar-refractivity contribution < 1.29 is 19.0 Å². The number of halogens is 1. The van der Waals surface area contributed by atoms with E-state index in [9.17, 15) is 14.3 Å². The molecule has 5 rings (SSSR count). The first kappa shape index (κ1) is 28.2. The number of carbonyl (C=O) groups excluding carboxylic acids is 1. The number of fused-ring (bicyclic) bond motifs is 1. The quantitative estimate of drug-likeness (QED) is 0.271. The van der Waals surface area contributed by atoms with Crippen molar-refractivity contribution in [3.63, 3.8) is 0 Å². The summed E-state index contributed by atoms with van der Waals surface area (Å²) in [5.74, 6) is 6.38. The molecule has 0 radical (unpaired) electrons. The molecule has 8 heteroatoms. The smallest absolute Gasteiger partial charge is 0.257 e. The minimum Gasteiger partial charge on any atom is -0.356 e. The van der Waals surface area contributed by atoms with Crippen molar-refractivity contribution in [1.29, 1.82) is 0 Å². The number of anilines is 1. The van der Waals surface area contributed by atoms with Crippen LogP contribution < -0.4 is 10.6 Å². The van der Waals surface area contributed by atoms with Crippen LogP contribution in [0.1, 0.15) is 87.2 Å². The maximum absolute atomic E-state index is 14.7. The summed E-state index contributed by atoms with van der Waals surface area (Å²) in [6.45, 7) is 7.89. The van der Waals surface area contributed by atoms with Gasteiger partial charge in [-0.25, -0.2) is 4.39 Å². The third-order valence-corrected chi connectivity index (χ3v) is 7.37. The normalized spacial score (nSPS) is 21.9. The molecule has 2 aromatic heterocycles. The Morgan fingerprint density at radius 3 is 2.73 bits per heavy atom. The van der Waals surface area contributed by atoms with Crippen molar-refractivity contribution in [1.82, 2.24) is 15.3 Å². The number of nitrogens with zero attached hydrogens (tertiary/aromatic N) is 2. The molecule has 2 heterocycles. The number of aliphatic hydroxyl groups excluding tert-OH is 1. The molecular formula is C32H37FN4O3. The van der Waals surface area contributed by atoms with Crippen LogP contribution in [0.3, 0.4) is 0 Å². The number of benzene rings is 1. The second-order valence-corrected chi connectivity index (χ2v) is 12.1. The predicted octanol–water partition coefficient (Wildman–Crippen LogP) is 5.74. The third-order valence-electron chi connectivity index (χ3n) is 7.37. The van der Waals surface area contributed by atoms with Gasteiger partial charge in [0.2, 0.25) is 6.41 Å². The number of ether oxygens (including phenoxy) is 1. The molecule has 2 fully saturated rings. The molecule has 7 nitrogen and oxygen atoms in total. The van der Waals surface area contributed by atoms with Crippen LogP contribution in [0.2, 0.25) is 0 Å². The van der Waals surface area contributed by atoms with E-state index in [2.05, 4.69) is 39.4 Å². The fraction of sp³-hybridized carbons (Fsp3) is 0.469. The lowest BCUT2D eigenvalue weighted by Gasteiger charge is -2.36. The summed E-state index contributed by atoms with van der Waals surface area (Å²) in [6, 6.07) is 6.40. The first-order valence-electron chi connectivity index (χ1n) is 14.0. The third kappa shape index (κ3) is 7.03. The second-order valence-electron chi connectivity index (χ2n) is 12.1. The van der Waals surface area contributed by atoms with Gasteiger partial charge < -0.3 is 15.2 Å². The van der Waals surface area contributed by atoms with E-state index in [1.54, 1.807) is 24.7 Å². The highest BCUT2D eigenvalue weighted by molar-refractivity contribution is 6.12. The van der Waals surface area contributed by atoms with Crippen molar-refractivity contribution in [3.8, 4) is 11.8 Å². The molecule has 0 saturated heterocycles. The molecule has 210 valence electrons. The van der Waals surface area contributed by atoms with Crippen molar-refractivity contribution in [2.45, 2.75) is 83.8 Å². The SMILES string of the molecule is C[C@@H]1C[C@H](NC(O)OC(C)(C)C)C[C@H](c2ccncc2NC(=O)c2ccc(F)c3cc(C#CC4CC4)cnc23)C1. The molecule has 0 aliphatic heterocycles. The highest BCUT2D eigenvalue weighted by Crippen LogP contribution is 2.39. The summed E-state index contributed by atoms with van der Waals surface area (Å²) in [4.78, 5) is 22.2. The largest absolute Gasteiger partial charge is 0.356 e. The molecule has 1 unspecified atom stereocenters. The number of carbonyl (C=O) groups is 1. The monoisotopic (exact) mass is 544 g/mol. The molecule has 2 saturated carbocycles. The second kappa shape index (κ2) is 11.6. The first-order valence-corrected chi connectivity index (χ1v) is 14.0. The van der Waals surface area contributed by atoms with Gasteiger partial charge in [0.1, 0.15) is 5.82 Å². The minimum absolute atomic E-state index is 0.0465. The van der Waals surface area contributed by atoms with Crippen LogP contribution in [0.5, 0.6) is 0 Å². The van der Waals surface area contributed by atoms with E-state index in [-0.39, 0.29) is 28.8 Å². The molecule has 2 aliphatic rings. The Bertz CT molecular complexity index is 1450. The van der Waals surface area contributed by atoms with Gasteiger partial charge in [-0.15, -0.1) is 0 Å². The molecule has 2 aliphatic carbocycles. The van der Waals surface area contributed by atoms with Gasteiger partial charge in [-0.1, -0.05) is 18.8 Å². The Hall–Kier alpha value is -3.38. The van der Waals surface area contributed by atoms with E-state index in [4.69, 9.17) is 4.74 Å². The van der Waals surface area contributed by atoms with Crippen LogP contribution in [-0.2, 0) is 4.74 Å². The van der Waals surface area contributed by atoms with Crippen LogP contribution in [0.4, 0.5) is 10.1 Å². The number of amides is 1. The number of aliphatic hydroxyl groups is 1. The average molecular weight is 545 g/mol. The number of hydrogen-bond acceptors (Lipinski definition) is 6. The zero-order chi connectivity index (χ0) is 28.4. The number of pyridine rings is 2. The van der Waals surface area contributed by atoms with E-state index in [0.717, 1.165) is 37.7 Å². The van der Waals surface area contributed by atoms with Gasteiger partial charge >= 0.3 is 0 Å². The van der Waals surface area contributed by atoms with Crippen LogP contribution >= 0.6 is 0 Å². The van der Waals surface area contributed by atoms with Gasteiger partial charge in [0.25, 0.3) is 5.91 Å². The summed E-state index contributed by atoms with van der Waals surface area (Å²) in [5, 5.41) is 16.9. The number of nitrogens with one attached hydrogen (secondary N) is 2. The Morgan fingerprint density at radius 1 is 1.18 bits per heavy atom. The van der Waals surface area contributed by atoms with Gasteiger partial charge in [-0.2, -0.15) is 0 Å². The fourth-order valence-electron chi connectivity index (χ4n) is 5.47. The van der Waals surface area contributed by atoms with Crippen molar-refractivity contribution in [2.24, 2.45) is 11.8 Å². The standard InChI is InChI=1S/C32H37FN4O3/c1-19-13-22(16-23(14-19)36-31(39)40-32(2,3)4)24-11-12-34-18-28(24)37-30(38)25-9-10-27(33)26-15-21(17-35-29(25)26)8-7-20-5-6-20/h9-12,15,17-20,22-23,31,36,39H,5-6,13-14,16H2,1-4H3,(H,37,38)/t19-,22+,23-,31?/m0/s1. The lowest BCUT2D eigenvalue weighted by molar-refractivity contribution is -0.187. The molecule has 3 aromatic rings. The Labute approximate surface area is 235 Å². The summed E-state index contributed by atoms with van der Waals surface area (Å²) < 4.78 is 20.4. The van der Waals surface area contributed by atoms with Gasteiger partial charge in [0, 0.05) is 35.3 Å². The van der Waals surface area contributed by atoms with Crippen LogP contribution in [0.15, 0.2) is 42.9 Å². The molecule has 4 atom stereocenters. The van der Waals surface area contributed by atoms with Crippen molar-refractivity contribution in [2.75, 3.05) is 5.32 Å². The van der Waals surface area contributed by atoms with Gasteiger partial charge in [-0.3, -0.25) is 20.1 Å². The Kier molecular flexibility index (Phi) is 8.18. The molecule has 40 heavy (non-hydrogen) atoms. The molecule has 0 bridgehead atoms. The number of aromatic nitrogens is 2. The first-order chi connectivity index (χ1) is 19.1. The van der Waals surface area contributed by atoms with E-state index in [1.165, 1.54) is 12.1 Å². The van der Waals surface area contributed by atoms with Gasteiger partial charge in [0.15, 0.2) is 0 Å². The maximum Gasteiger partial charge on any atom is 0.257 e. The minimum atomic E-state index is -1.06. The molecular weight excluding hydrogens is 507 g/mol. The van der Waals surface area contributed by atoms with E-state index >= 15 is 0 Å². The summed E-state index contributed by atoms with van der Waals surface area (Å²) >= 11 is 0. The highest BCUT2D eigenvalue weighted by atomic mass is 19.1. The molecule has 3 N–H and O–H groups in total. The van der Waals surface area contributed by atoms with Gasteiger partial charge in [-0.05, 0) is 94.5 Å². The van der Waals surface area contributed by atoms with Crippen LogP contribution in [0.25, 0.3) is 10.9 Å². The molecule has 1 aromatic carbocycles. The molecule has 1 amide bonds. The molecule has 0 spiro atoms. The van der Waals surface area contributed by atoms with E-state index < -0.39 is 17.8 Å². The topological polar surface area (TPSA) is 96.4 Å². The van der Waals surface area contributed by atoms with Crippen molar-refractivity contribution >= 4 is 22.5 Å². The van der Waals surface area contributed by atoms with E-state index in [0.29, 0.717) is 28.6 Å². The zero-order valence-corrected chi connectivity index (χ0v) is 23.5. The highest BCUT2D eigenvalue weighted by Gasteiger charge is 2.31. The maximum atomic E-state index is 14.7. The predicted molar refractivity (Wildman–Crippen MR) is 153 cm³/mol. The Morgan fingerprint density at radius 2 is 1.98 bits per heavy atom. The summed E-state index contributed by atoms with van der Waals surface area (Å²) in [6.07, 6.45) is 8.74. The van der Waals surface area contributed by atoms with E-state index in [1.807, 2.05) is 26.8 Å². The summed E-state index contributed by atoms with van der Waals surface area (Å²) in [7, 11) is 0. The fourth-order valence-corrected chi connectivity index (χ4v) is 5.47. The average Bonchev–Trinajstić information content (AvgIpc) is 3.71. The van der Waals surface area contributed by atoms with Crippen molar-refractivity contribution in [3.05, 3.63) is 65.4 Å². The summed E-state index contributed by atoms with van der Waals surface area (Å²) in [5.41, 5.74) is 2.33. The van der Waals surface area contributed by atoms with Gasteiger partial charge in [0.05, 0.1) is 28.6 Å². The number of rotatable bonds is 6. The number of hydrogen-bond donors (Lipinski definition) is 3. The Balaban J connectivity index is 1.35. The van der Waals surface area contributed by atoms with Crippen LogP contribution in [0, 0.1) is 29.5 Å². The lowest BCUT2D eigenvalue weighted by Crippen LogP contribution is -2.46. The zero-order valence-electron chi connectivity index (χ0n) is 23.5. The lowest BCUT2D eigenvalue weighted by atomic mass is 9.76.